The second-order valence-electron chi connectivity index (χ2n) is 7.10. The number of anilines is 1. The number of hydrogen-bond donors (Lipinski definition) is 1. The van der Waals surface area contributed by atoms with E-state index >= 15 is 0 Å². The van der Waals surface area contributed by atoms with Crippen LogP contribution in [0.15, 0.2) is 59.4 Å². The highest BCUT2D eigenvalue weighted by atomic mass is 19.1. The van der Waals surface area contributed by atoms with E-state index in [1.807, 2.05) is 12.1 Å². The lowest BCUT2D eigenvalue weighted by Gasteiger charge is -2.36. The normalized spacial score (nSPS) is 15.4. The number of piperazine rings is 1. The average Bonchev–Trinajstić information content (AvgIpc) is 2.69. The SMILES string of the molecule is O=c1[nH]c(CCCN2CCN(c3ccccc3)CC2)cc2cccc(F)c12. The molecular formula is C22H24FN3O. The number of rotatable bonds is 5. The van der Waals surface area contributed by atoms with Crippen LogP contribution in [0.4, 0.5) is 10.1 Å². The molecule has 4 nitrogen and oxygen atoms in total. The number of nitrogens with zero attached hydrogens (tertiary/aromatic N) is 2. The molecule has 2 heterocycles. The number of aryl methyl sites for hydroxylation is 1. The van der Waals surface area contributed by atoms with Crippen molar-refractivity contribution in [1.82, 2.24) is 9.88 Å². The van der Waals surface area contributed by atoms with Crippen molar-refractivity contribution in [3.63, 3.8) is 0 Å². The Morgan fingerprint density at radius 3 is 2.52 bits per heavy atom. The zero-order valence-corrected chi connectivity index (χ0v) is 15.3. The van der Waals surface area contributed by atoms with Crippen molar-refractivity contribution in [2.45, 2.75) is 12.8 Å². The van der Waals surface area contributed by atoms with E-state index in [0.29, 0.717) is 5.39 Å². The molecule has 0 bridgehead atoms. The van der Waals surface area contributed by atoms with Crippen LogP contribution < -0.4 is 10.5 Å². The smallest absolute Gasteiger partial charge is 0.258 e. The lowest BCUT2D eigenvalue weighted by molar-refractivity contribution is 0.255. The Morgan fingerprint density at radius 2 is 1.74 bits per heavy atom. The Morgan fingerprint density at radius 1 is 0.963 bits per heavy atom. The third kappa shape index (κ3) is 4.03. The molecule has 0 amide bonds. The lowest BCUT2D eigenvalue weighted by atomic mass is 10.1. The summed E-state index contributed by atoms with van der Waals surface area (Å²) in [7, 11) is 0. The number of para-hydroxylation sites is 1. The van der Waals surface area contributed by atoms with E-state index in [2.05, 4.69) is 39.0 Å². The fourth-order valence-electron chi connectivity index (χ4n) is 3.83. The lowest BCUT2D eigenvalue weighted by Crippen LogP contribution is -2.46. The molecule has 5 heteroatoms. The first-order valence-corrected chi connectivity index (χ1v) is 9.53. The fourth-order valence-corrected chi connectivity index (χ4v) is 3.83. The summed E-state index contributed by atoms with van der Waals surface area (Å²) in [6.45, 7) is 5.18. The molecule has 1 aliphatic rings. The molecule has 2 aromatic carbocycles. The zero-order valence-electron chi connectivity index (χ0n) is 15.3. The predicted octanol–water partition coefficient (Wildman–Crippen LogP) is 3.42. The molecule has 4 rings (SSSR count). The van der Waals surface area contributed by atoms with Crippen LogP contribution >= 0.6 is 0 Å². The van der Waals surface area contributed by atoms with Crippen molar-refractivity contribution in [3.8, 4) is 0 Å². The summed E-state index contributed by atoms with van der Waals surface area (Å²) in [5, 5.41) is 0.823. The number of pyridine rings is 1. The van der Waals surface area contributed by atoms with Crippen LogP contribution in [-0.4, -0.2) is 42.6 Å². The van der Waals surface area contributed by atoms with Gasteiger partial charge in [-0.15, -0.1) is 0 Å². The summed E-state index contributed by atoms with van der Waals surface area (Å²) in [5.41, 5.74) is 1.83. The van der Waals surface area contributed by atoms with Gasteiger partial charge in [0, 0.05) is 37.6 Å². The highest BCUT2D eigenvalue weighted by Crippen LogP contribution is 2.17. The second kappa shape index (κ2) is 7.92. The molecule has 3 aromatic rings. The number of fused-ring (bicyclic) bond motifs is 1. The molecule has 0 unspecified atom stereocenters. The summed E-state index contributed by atoms with van der Waals surface area (Å²) in [6.07, 6.45) is 1.77. The van der Waals surface area contributed by atoms with Gasteiger partial charge in [-0.1, -0.05) is 30.3 Å². The predicted molar refractivity (Wildman–Crippen MR) is 108 cm³/mol. The molecule has 0 radical (unpaired) electrons. The Labute approximate surface area is 158 Å². The van der Waals surface area contributed by atoms with Gasteiger partial charge in [0.2, 0.25) is 0 Å². The van der Waals surface area contributed by atoms with Crippen molar-refractivity contribution < 1.29 is 4.39 Å². The van der Waals surface area contributed by atoms with Gasteiger partial charge in [0.15, 0.2) is 0 Å². The van der Waals surface area contributed by atoms with Crippen LogP contribution in [0.3, 0.4) is 0 Å². The number of nitrogens with one attached hydrogen (secondary N) is 1. The number of aromatic nitrogens is 1. The van der Waals surface area contributed by atoms with E-state index in [4.69, 9.17) is 0 Å². The Balaban J connectivity index is 1.31. The summed E-state index contributed by atoms with van der Waals surface area (Å²) in [6, 6.07) is 17.2. The molecule has 27 heavy (non-hydrogen) atoms. The van der Waals surface area contributed by atoms with Crippen LogP contribution in [0.5, 0.6) is 0 Å². The third-order valence-corrected chi connectivity index (χ3v) is 5.29. The molecule has 1 saturated heterocycles. The van der Waals surface area contributed by atoms with Gasteiger partial charge in [-0.25, -0.2) is 4.39 Å². The molecule has 1 aromatic heterocycles. The van der Waals surface area contributed by atoms with Crippen LogP contribution in [0.25, 0.3) is 10.8 Å². The average molecular weight is 365 g/mol. The van der Waals surface area contributed by atoms with Gasteiger partial charge in [0.25, 0.3) is 5.56 Å². The molecule has 0 aliphatic carbocycles. The first-order valence-electron chi connectivity index (χ1n) is 9.53. The van der Waals surface area contributed by atoms with E-state index in [1.165, 1.54) is 11.8 Å². The van der Waals surface area contributed by atoms with Crippen LogP contribution in [0.1, 0.15) is 12.1 Å². The molecular weight excluding hydrogens is 341 g/mol. The van der Waals surface area contributed by atoms with Gasteiger partial charge >= 0.3 is 0 Å². The largest absolute Gasteiger partial charge is 0.369 e. The van der Waals surface area contributed by atoms with Gasteiger partial charge in [-0.05, 0) is 49.0 Å². The molecule has 0 atom stereocenters. The van der Waals surface area contributed by atoms with Crippen LogP contribution in [0, 0.1) is 5.82 Å². The number of hydrogen-bond acceptors (Lipinski definition) is 3. The van der Waals surface area contributed by atoms with E-state index in [9.17, 15) is 9.18 Å². The zero-order chi connectivity index (χ0) is 18.6. The van der Waals surface area contributed by atoms with Crippen molar-refractivity contribution in [1.29, 1.82) is 0 Å². The van der Waals surface area contributed by atoms with Gasteiger partial charge in [0.1, 0.15) is 5.82 Å². The van der Waals surface area contributed by atoms with Crippen molar-refractivity contribution in [2.75, 3.05) is 37.6 Å². The van der Waals surface area contributed by atoms with E-state index in [0.717, 1.165) is 51.3 Å². The topological polar surface area (TPSA) is 39.3 Å². The summed E-state index contributed by atoms with van der Waals surface area (Å²) < 4.78 is 13.8. The Kier molecular flexibility index (Phi) is 5.21. The molecule has 140 valence electrons. The minimum absolute atomic E-state index is 0.151. The van der Waals surface area contributed by atoms with Gasteiger partial charge in [0.05, 0.1) is 5.39 Å². The highest BCUT2D eigenvalue weighted by molar-refractivity contribution is 5.82. The highest BCUT2D eigenvalue weighted by Gasteiger charge is 2.16. The van der Waals surface area contributed by atoms with Crippen molar-refractivity contribution in [2.24, 2.45) is 0 Å². The Bertz CT molecular complexity index is 962. The summed E-state index contributed by atoms with van der Waals surface area (Å²) in [5.74, 6) is -0.461. The fraction of sp³-hybridized carbons (Fsp3) is 0.318. The standard InChI is InChI=1S/C22H24FN3O/c23-20-10-4-6-17-16-18(24-22(27)21(17)20)7-5-11-25-12-14-26(15-13-25)19-8-2-1-3-9-19/h1-4,6,8-10,16H,5,7,11-15H2,(H,24,27). The van der Waals surface area contributed by atoms with E-state index in [-0.39, 0.29) is 10.9 Å². The number of halogens is 1. The first-order chi connectivity index (χ1) is 13.2. The van der Waals surface area contributed by atoms with E-state index < -0.39 is 5.82 Å². The van der Waals surface area contributed by atoms with Crippen LogP contribution in [-0.2, 0) is 6.42 Å². The molecule has 0 saturated carbocycles. The second-order valence-corrected chi connectivity index (χ2v) is 7.10. The molecule has 1 N–H and O–H groups in total. The third-order valence-electron chi connectivity index (χ3n) is 5.29. The van der Waals surface area contributed by atoms with Crippen molar-refractivity contribution >= 4 is 16.5 Å². The molecule has 0 spiro atoms. The van der Waals surface area contributed by atoms with Crippen molar-refractivity contribution in [3.05, 3.63) is 76.5 Å². The van der Waals surface area contributed by atoms with Gasteiger partial charge < -0.3 is 9.88 Å². The summed E-state index contributed by atoms with van der Waals surface area (Å²) >= 11 is 0. The maximum absolute atomic E-state index is 13.8. The monoisotopic (exact) mass is 365 g/mol. The maximum atomic E-state index is 13.8. The minimum Gasteiger partial charge on any atom is -0.369 e. The molecule has 1 aliphatic heterocycles. The van der Waals surface area contributed by atoms with Gasteiger partial charge in [-0.2, -0.15) is 0 Å². The number of aromatic amines is 1. The van der Waals surface area contributed by atoms with Gasteiger partial charge in [-0.3, -0.25) is 9.69 Å². The number of benzene rings is 2. The van der Waals surface area contributed by atoms with E-state index in [1.54, 1.807) is 12.1 Å². The number of H-pyrrole nitrogens is 1. The maximum Gasteiger partial charge on any atom is 0.258 e. The van der Waals surface area contributed by atoms with Crippen LogP contribution in [0.2, 0.25) is 0 Å². The summed E-state index contributed by atoms with van der Waals surface area (Å²) in [4.78, 5) is 19.9. The quantitative estimate of drug-likeness (QED) is 0.753. The minimum atomic E-state index is -0.461. The Hall–Kier alpha value is -2.66. The first kappa shape index (κ1) is 17.7. The molecule has 1 fully saturated rings.